The van der Waals surface area contributed by atoms with E-state index in [9.17, 15) is 4.79 Å². The first-order chi connectivity index (χ1) is 11.1. The summed E-state index contributed by atoms with van der Waals surface area (Å²) in [5, 5.41) is 11.6. The molecule has 118 valence electrons. The lowest BCUT2D eigenvalue weighted by Gasteiger charge is -2.09. The van der Waals surface area contributed by atoms with Crippen LogP contribution in [0.2, 0.25) is 0 Å². The number of methoxy groups -OCH3 is 1. The van der Waals surface area contributed by atoms with Gasteiger partial charge in [0.05, 0.1) is 24.5 Å². The molecular weight excluding hydrogens is 376 g/mol. The maximum absolute atomic E-state index is 12.0. The fourth-order valence-corrected chi connectivity index (χ4v) is 3.19. The number of anilines is 1. The van der Waals surface area contributed by atoms with Crippen LogP contribution in [0.4, 0.5) is 5.69 Å². The number of nitrogens with one attached hydrogen (secondary N) is 1. The molecule has 0 aliphatic rings. The summed E-state index contributed by atoms with van der Waals surface area (Å²) in [5.41, 5.74) is 2.19. The van der Waals surface area contributed by atoms with Crippen LogP contribution in [0.15, 0.2) is 46.9 Å². The van der Waals surface area contributed by atoms with Crippen molar-refractivity contribution in [2.45, 2.75) is 5.75 Å². The van der Waals surface area contributed by atoms with Crippen molar-refractivity contribution < 1.29 is 9.53 Å². The van der Waals surface area contributed by atoms with E-state index in [1.54, 1.807) is 31.4 Å². The van der Waals surface area contributed by atoms with Crippen molar-refractivity contribution in [1.29, 1.82) is 5.26 Å². The predicted molar refractivity (Wildman–Crippen MR) is 96.6 cm³/mol. The van der Waals surface area contributed by atoms with Gasteiger partial charge in [-0.1, -0.05) is 22.0 Å². The van der Waals surface area contributed by atoms with Crippen LogP contribution in [0, 0.1) is 11.3 Å². The summed E-state index contributed by atoms with van der Waals surface area (Å²) >= 11 is 4.94. The van der Waals surface area contributed by atoms with Crippen molar-refractivity contribution in [3.05, 3.63) is 58.1 Å². The lowest BCUT2D eigenvalue weighted by molar-refractivity contribution is -0.113. The minimum absolute atomic E-state index is 0.0981. The van der Waals surface area contributed by atoms with Crippen molar-refractivity contribution in [2.75, 3.05) is 18.2 Å². The number of nitrogens with zero attached hydrogens (tertiary/aromatic N) is 1. The maximum atomic E-state index is 12.0. The molecular formula is C17H15BrN2O2S. The standard InChI is InChI=1S/C17H15BrN2O2S/c1-22-16-6-5-14(18)8-13(16)10-23-11-17(21)20-15-4-2-3-12(7-15)9-19/h2-8H,10-11H2,1H3,(H,20,21). The molecule has 0 heterocycles. The van der Waals surface area contributed by atoms with Gasteiger partial charge in [-0.05, 0) is 36.4 Å². The average Bonchev–Trinajstić information content (AvgIpc) is 2.55. The fourth-order valence-electron chi connectivity index (χ4n) is 1.98. The maximum Gasteiger partial charge on any atom is 0.234 e. The molecule has 23 heavy (non-hydrogen) atoms. The highest BCUT2D eigenvalue weighted by Gasteiger charge is 2.07. The number of rotatable bonds is 6. The van der Waals surface area contributed by atoms with E-state index in [1.165, 1.54) is 11.8 Å². The van der Waals surface area contributed by atoms with E-state index < -0.39 is 0 Å². The third kappa shape index (κ3) is 5.31. The molecule has 0 aromatic heterocycles. The number of halogens is 1. The second kappa shape index (κ2) is 8.61. The molecule has 2 aromatic carbocycles. The Morgan fingerprint density at radius 3 is 2.91 bits per heavy atom. The van der Waals surface area contributed by atoms with Crippen molar-refractivity contribution in [2.24, 2.45) is 0 Å². The van der Waals surface area contributed by atoms with Crippen LogP contribution >= 0.6 is 27.7 Å². The van der Waals surface area contributed by atoms with Gasteiger partial charge < -0.3 is 10.1 Å². The number of hydrogen-bond acceptors (Lipinski definition) is 4. The number of amides is 1. The summed E-state index contributed by atoms with van der Waals surface area (Å²) in [4.78, 5) is 12.0. The Morgan fingerprint density at radius 1 is 1.35 bits per heavy atom. The van der Waals surface area contributed by atoms with Gasteiger partial charge in [0, 0.05) is 21.5 Å². The molecule has 4 nitrogen and oxygen atoms in total. The lowest BCUT2D eigenvalue weighted by atomic mass is 10.2. The molecule has 0 aliphatic carbocycles. The molecule has 0 aliphatic heterocycles. The Morgan fingerprint density at radius 2 is 2.17 bits per heavy atom. The third-order valence-electron chi connectivity index (χ3n) is 3.01. The molecule has 0 fully saturated rings. The largest absolute Gasteiger partial charge is 0.496 e. The number of carbonyl (C=O) groups excluding carboxylic acids is 1. The lowest BCUT2D eigenvalue weighted by Crippen LogP contribution is -2.14. The fraction of sp³-hybridized carbons (Fsp3) is 0.176. The van der Waals surface area contributed by atoms with Crippen LogP contribution in [0.25, 0.3) is 0 Å². The first-order valence-electron chi connectivity index (χ1n) is 6.82. The van der Waals surface area contributed by atoms with Crippen LogP contribution in [0.1, 0.15) is 11.1 Å². The van der Waals surface area contributed by atoms with Gasteiger partial charge in [-0.3, -0.25) is 4.79 Å². The zero-order chi connectivity index (χ0) is 16.7. The van der Waals surface area contributed by atoms with E-state index in [-0.39, 0.29) is 5.91 Å². The molecule has 0 spiro atoms. The highest BCUT2D eigenvalue weighted by atomic mass is 79.9. The van der Waals surface area contributed by atoms with Gasteiger partial charge in [0.2, 0.25) is 5.91 Å². The summed E-state index contributed by atoms with van der Waals surface area (Å²) in [6.07, 6.45) is 0. The highest BCUT2D eigenvalue weighted by Crippen LogP contribution is 2.26. The van der Waals surface area contributed by atoms with Crippen LogP contribution in [0.3, 0.4) is 0 Å². The van der Waals surface area contributed by atoms with Crippen molar-refractivity contribution in [1.82, 2.24) is 0 Å². The number of carbonyl (C=O) groups is 1. The summed E-state index contributed by atoms with van der Waals surface area (Å²) in [5.74, 6) is 1.71. The number of benzene rings is 2. The molecule has 1 amide bonds. The normalized spacial score (nSPS) is 9.96. The Bertz CT molecular complexity index is 744. The van der Waals surface area contributed by atoms with Gasteiger partial charge in [-0.15, -0.1) is 11.8 Å². The molecule has 1 N–H and O–H groups in total. The van der Waals surface area contributed by atoms with Crippen LogP contribution in [-0.2, 0) is 10.5 Å². The van der Waals surface area contributed by atoms with Gasteiger partial charge in [-0.25, -0.2) is 0 Å². The van der Waals surface area contributed by atoms with Gasteiger partial charge >= 0.3 is 0 Å². The SMILES string of the molecule is COc1ccc(Br)cc1CSCC(=O)Nc1cccc(C#N)c1. The van der Waals surface area contributed by atoms with Crippen molar-refractivity contribution in [3.8, 4) is 11.8 Å². The summed E-state index contributed by atoms with van der Waals surface area (Å²) in [6.45, 7) is 0. The van der Waals surface area contributed by atoms with E-state index >= 15 is 0 Å². The monoisotopic (exact) mass is 390 g/mol. The van der Waals surface area contributed by atoms with Crippen LogP contribution in [-0.4, -0.2) is 18.8 Å². The predicted octanol–water partition coefficient (Wildman–Crippen LogP) is 4.20. The quantitative estimate of drug-likeness (QED) is 0.802. The number of nitriles is 1. The first-order valence-corrected chi connectivity index (χ1v) is 8.77. The zero-order valence-corrected chi connectivity index (χ0v) is 14.9. The third-order valence-corrected chi connectivity index (χ3v) is 4.48. The molecule has 0 saturated carbocycles. The topological polar surface area (TPSA) is 62.1 Å². The second-order valence-electron chi connectivity index (χ2n) is 4.69. The molecule has 0 unspecified atom stereocenters. The number of thioether (sulfide) groups is 1. The number of ether oxygens (including phenoxy) is 1. The molecule has 0 radical (unpaired) electrons. The van der Waals surface area contributed by atoms with Crippen molar-refractivity contribution >= 4 is 39.3 Å². The van der Waals surface area contributed by atoms with E-state index in [0.29, 0.717) is 22.8 Å². The second-order valence-corrected chi connectivity index (χ2v) is 6.59. The molecule has 6 heteroatoms. The smallest absolute Gasteiger partial charge is 0.234 e. The molecule has 0 saturated heterocycles. The van der Waals surface area contributed by atoms with Crippen molar-refractivity contribution in [3.63, 3.8) is 0 Å². The van der Waals surface area contributed by atoms with Crippen LogP contribution in [0.5, 0.6) is 5.75 Å². The minimum atomic E-state index is -0.0981. The first kappa shape index (κ1) is 17.4. The van der Waals surface area contributed by atoms with E-state index in [0.717, 1.165) is 15.8 Å². The van der Waals surface area contributed by atoms with Gasteiger partial charge in [0.15, 0.2) is 0 Å². The molecule has 0 atom stereocenters. The Balaban J connectivity index is 1.88. The minimum Gasteiger partial charge on any atom is -0.496 e. The Labute approximate surface area is 148 Å². The van der Waals surface area contributed by atoms with Crippen LogP contribution < -0.4 is 10.1 Å². The Kier molecular flexibility index (Phi) is 6.51. The van der Waals surface area contributed by atoms with E-state index in [2.05, 4.69) is 21.2 Å². The summed E-state index contributed by atoms with van der Waals surface area (Å²) in [6, 6.07) is 14.7. The molecule has 0 bridgehead atoms. The van der Waals surface area contributed by atoms with Gasteiger partial charge in [0.1, 0.15) is 5.75 Å². The average molecular weight is 391 g/mol. The van der Waals surface area contributed by atoms with E-state index in [1.807, 2.05) is 24.3 Å². The molecule has 2 aromatic rings. The van der Waals surface area contributed by atoms with Gasteiger partial charge in [0.25, 0.3) is 0 Å². The summed E-state index contributed by atoms with van der Waals surface area (Å²) < 4.78 is 6.29. The molecule has 2 rings (SSSR count). The highest BCUT2D eigenvalue weighted by molar-refractivity contribution is 9.10. The number of hydrogen-bond donors (Lipinski definition) is 1. The zero-order valence-electron chi connectivity index (χ0n) is 12.5. The summed E-state index contributed by atoms with van der Waals surface area (Å²) in [7, 11) is 1.63. The van der Waals surface area contributed by atoms with E-state index in [4.69, 9.17) is 10.00 Å². The Hall–Kier alpha value is -1.97. The van der Waals surface area contributed by atoms with Gasteiger partial charge in [-0.2, -0.15) is 5.26 Å².